The molecule has 4 heterocycles. The first-order chi connectivity index (χ1) is 56.0. The van der Waals surface area contributed by atoms with Gasteiger partial charge in [-0.25, -0.2) is 27.3 Å². The summed E-state index contributed by atoms with van der Waals surface area (Å²) in [5.41, 5.74) is 4.76. The van der Waals surface area contributed by atoms with E-state index < -0.39 is 70.9 Å². The van der Waals surface area contributed by atoms with Gasteiger partial charge in [0.15, 0.2) is 31.3 Å². The minimum Gasteiger partial charge on any atom is -0.457 e. The van der Waals surface area contributed by atoms with Crippen molar-refractivity contribution in [1.82, 2.24) is 0 Å². The van der Waals surface area contributed by atoms with Gasteiger partial charge in [-0.2, -0.15) is 0 Å². The van der Waals surface area contributed by atoms with Crippen LogP contribution in [-0.2, 0) is 109 Å². The molecule has 1 N–H and O–H groups in total. The second-order valence-corrected chi connectivity index (χ2v) is 29.1. The zero-order chi connectivity index (χ0) is 84.9. The molecule has 4 fully saturated rings. The number of hydrogen-bond acceptors (Lipinski definition) is 22. The summed E-state index contributed by atoms with van der Waals surface area (Å²) >= 11 is 6.93. The molecule has 117 heavy (non-hydrogen) atoms. The van der Waals surface area contributed by atoms with Gasteiger partial charge in [0.05, 0.1) is 86.2 Å². The molecule has 0 spiro atoms. The Balaban J connectivity index is 0.000000194. The Morgan fingerprint density at radius 3 is 1.06 bits per heavy atom. The van der Waals surface area contributed by atoms with Gasteiger partial charge in [0.1, 0.15) is 46.3 Å². The van der Waals surface area contributed by atoms with Gasteiger partial charge >= 0.3 is 66.3 Å². The molecular formula is C77H84B6Br2F4N10O18+4. The van der Waals surface area contributed by atoms with Gasteiger partial charge in [-0.3, -0.25) is 0 Å². The van der Waals surface area contributed by atoms with Crippen LogP contribution in [0.25, 0.3) is 29.6 Å². The largest absolute Gasteiger partial charge is 0.640 e. The van der Waals surface area contributed by atoms with Gasteiger partial charge in [-0.1, -0.05) is 70.0 Å². The van der Waals surface area contributed by atoms with E-state index in [1.54, 1.807) is 62.5 Å². The molecule has 4 aliphatic rings. The summed E-state index contributed by atoms with van der Waals surface area (Å²) in [5, 5.41) is 44.3. The standard InChI is InChI=1S/C16H15BBrNO3.C15H13BBrNO3.C13H17BFN2O3.C12H15BFN2O3.C11H13BFN2O3.C10H11BFN2O3/c1-17(20-3)21-11-12-10-15(8-9-16(12)18)22-14-6-4-13(19-2)5-7-14;1-16(19)20-10-11-9-14(7-8-15(11)17)21-13-5-3-12(18-2)4-6-13;1-12(2)13(3,4)20-14(19-12)18-8-9-7-10(15)5-6-11(9)17-16;1-12(2)7-18-13(19-8-12)17-6-9-5-10(14)3-4-11(9)16-15;13-10-3-4-11(15-14)9(7-10)8-18-12-16-5-1-2-6-17-12;12-9-2-3-10(14-13)8(6-9)7-17-11-15-4-1-5-16-11/h4-10H,11H2,1,3H3;3-9,19H,10H2,1H3;5-7H,8H2,1-4H3;3-5H,6-8H2,1-2H3;3-4,7H,1-2,5-6,8H2;2-3,6H,1,4-5,7H2/q;;4*+1. The third-order valence-corrected chi connectivity index (χ3v) is 18.7. The Bertz CT molecular complexity index is 4760. The van der Waals surface area contributed by atoms with E-state index in [1.807, 2.05) is 84.8 Å². The van der Waals surface area contributed by atoms with E-state index >= 15 is 0 Å². The fourth-order valence-electron chi connectivity index (χ4n) is 9.99. The van der Waals surface area contributed by atoms with Gasteiger partial charge in [0, 0.05) is 85.4 Å². The summed E-state index contributed by atoms with van der Waals surface area (Å²) in [5.74, 6) is 1.05. The molecular weight excluding hydrogens is 1650 g/mol. The first-order valence-electron chi connectivity index (χ1n) is 36.4. The molecule has 0 radical (unpaired) electrons. The number of rotatable bonds is 23. The molecule has 0 unspecified atom stereocenters. The lowest BCUT2D eigenvalue weighted by Gasteiger charge is -2.31. The summed E-state index contributed by atoms with van der Waals surface area (Å²) in [6.07, 6.45) is 2.69. The van der Waals surface area contributed by atoms with E-state index in [1.165, 1.54) is 72.8 Å². The first-order valence-corrected chi connectivity index (χ1v) is 38.0. The summed E-state index contributed by atoms with van der Waals surface area (Å²) in [7, 11) is -2.58. The number of nitrogens with zero attached hydrogens (tertiary/aromatic N) is 10. The van der Waals surface area contributed by atoms with Crippen molar-refractivity contribution in [2.24, 2.45) is 5.41 Å². The molecule has 0 aromatic heterocycles. The Kier molecular flexibility index (Phi) is 39.1. The minimum absolute atomic E-state index is 0.0218. The second kappa shape index (κ2) is 48.4. The number of ether oxygens (including phenoxy) is 2. The van der Waals surface area contributed by atoms with Crippen molar-refractivity contribution >= 4 is 110 Å². The lowest BCUT2D eigenvalue weighted by Crippen LogP contribution is -2.42. The zero-order valence-corrected chi connectivity index (χ0v) is 68.9. The normalized spacial score (nSPS) is 14.8. The quantitative estimate of drug-likeness (QED) is 0.0269. The van der Waals surface area contributed by atoms with E-state index in [0.717, 1.165) is 39.3 Å². The predicted molar refractivity (Wildman–Crippen MR) is 436 cm³/mol. The molecule has 0 saturated carbocycles. The lowest BCUT2D eigenvalue weighted by atomic mass is 9.90. The average molecular weight is 1740 g/mol. The fourth-order valence-corrected chi connectivity index (χ4v) is 10.7. The van der Waals surface area contributed by atoms with Crippen molar-refractivity contribution in [3.05, 3.63) is 266 Å². The van der Waals surface area contributed by atoms with Crippen LogP contribution in [0, 0.1) is 63.4 Å². The highest BCUT2D eigenvalue weighted by molar-refractivity contribution is 9.10. The SMILES string of the molecule is CC1(C)COB(OCc2cc(F)ccc2[N+]#N)OC1.CC1(C)OB(OCc2cc(F)ccc2[N+]#N)OC1(C)C.N#[N+]c1ccc(F)cc1COB1OCCCCO1.N#[N+]c1ccc(F)cc1COB1OCCCO1.[C-]#[N+]c1ccc(Oc2ccc(Br)c(COB(C)O)c2)cc1.[C-]#[N+]c1ccc(Oc2ccc(Br)c(COB(C)OC)c2)cc1. The predicted octanol–water partition coefficient (Wildman–Crippen LogP) is 20.7. The van der Waals surface area contributed by atoms with Crippen molar-refractivity contribution in [3.63, 3.8) is 0 Å². The van der Waals surface area contributed by atoms with Gasteiger partial charge in [0.25, 0.3) is 0 Å². The second-order valence-electron chi connectivity index (χ2n) is 27.4. The van der Waals surface area contributed by atoms with Crippen LogP contribution in [0.2, 0.25) is 13.6 Å². The van der Waals surface area contributed by atoms with E-state index in [0.29, 0.717) is 103 Å². The Hall–Kier alpha value is -9.55. The third kappa shape index (κ3) is 32.7. The summed E-state index contributed by atoms with van der Waals surface area (Å²) < 4.78 is 146. The van der Waals surface area contributed by atoms with Crippen LogP contribution in [0.4, 0.5) is 51.7 Å². The highest BCUT2D eigenvalue weighted by Crippen LogP contribution is 2.38. The highest BCUT2D eigenvalue weighted by Gasteiger charge is 2.53. The van der Waals surface area contributed by atoms with Crippen LogP contribution in [0.5, 0.6) is 23.0 Å². The van der Waals surface area contributed by atoms with E-state index in [2.05, 4.69) is 61.5 Å². The Labute approximate surface area is 695 Å². The molecule has 606 valence electrons. The number of halogens is 6. The van der Waals surface area contributed by atoms with Crippen LogP contribution >= 0.6 is 31.9 Å². The van der Waals surface area contributed by atoms with Gasteiger partial charge in [-0.15, -0.1) is 0 Å². The van der Waals surface area contributed by atoms with Crippen molar-refractivity contribution in [2.75, 3.05) is 46.8 Å². The van der Waals surface area contributed by atoms with Crippen LogP contribution in [0.3, 0.4) is 0 Å². The summed E-state index contributed by atoms with van der Waals surface area (Å²) in [6, 6.07) is 40.5. The molecule has 28 nitrogen and oxygen atoms in total. The minimum atomic E-state index is -0.838. The lowest BCUT2D eigenvalue weighted by molar-refractivity contribution is -0.0213. The Morgan fingerprint density at radius 1 is 0.419 bits per heavy atom. The molecule has 4 aliphatic heterocycles. The maximum absolute atomic E-state index is 13.2. The van der Waals surface area contributed by atoms with Gasteiger partial charge in [0.2, 0.25) is 21.6 Å². The van der Waals surface area contributed by atoms with Gasteiger partial charge in [-0.05, 0) is 181 Å². The first kappa shape index (κ1) is 94.6. The van der Waals surface area contributed by atoms with Crippen LogP contribution < -0.4 is 9.47 Å². The Morgan fingerprint density at radius 2 is 0.735 bits per heavy atom. The van der Waals surface area contributed by atoms with Crippen LogP contribution in [0.1, 0.15) is 94.2 Å². The van der Waals surface area contributed by atoms with Crippen molar-refractivity contribution in [3.8, 4) is 23.0 Å². The maximum Gasteiger partial charge on any atom is 0.640 e. The molecule has 0 amide bonds. The number of hydrogen-bond donors (Lipinski definition) is 1. The molecule has 0 aliphatic carbocycles. The molecule has 8 aromatic carbocycles. The third-order valence-electron chi connectivity index (χ3n) is 17.1. The zero-order valence-electron chi connectivity index (χ0n) is 65.7. The molecule has 0 bridgehead atoms. The van der Waals surface area contributed by atoms with Crippen LogP contribution in [-0.4, -0.2) is 106 Å². The van der Waals surface area contributed by atoms with E-state index in [4.69, 9.17) is 119 Å². The van der Waals surface area contributed by atoms with Crippen molar-refractivity contribution < 1.29 is 102 Å². The van der Waals surface area contributed by atoms with Gasteiger partial charge < -0.3 is 84.3 Å². The smallest absolute Gasteiger partial charge is 0.457 e. The molecule has 40 heteroatoms. The molecule has 8 aromatic rings. The monoisotopic (exact) mass is 1740 g/mol. The van der Waals surface area contributed by atoms with E-state index in [9.17, 15) is 17.6 Å². The summed E-state index contributed by atoms with van der Waals surface area (Å²) in [6.45, 7) is 33.2. The van der Waals surface area contributed by atoms with E-state index in [-0.39, 0.29) is 68.3 Å². The van der Waals surface area contributed by atoms with Crippen molar-refractivity contribution in [2.45, 2.75) is 125 Å². The fraction of sp³-hybridized carbons (Fsp3) is 0.351. The van der Waals surface area contributed by atoms with Crippen molar-refractivity contribution in [1.29, 1.82) is 21.6 Å². The summed E-state index contributed by atoms with van der Waals surface area (Å²) in [4.78, 5) is 19.0. The molecule has 4 saturated heterocycles. The topological polar surface area (TPSA) is 298 Å². The number of benzene rings is 8. The number of diazo groups is 4. The molecule has 0 atom stereocenters. The molecule has 12 rings (SSSR count). The maximum atomic E-state index is 13.2. The van der Waals surface area contributed by atoms with Crippen LogP contribution in [0.15, 0.2) is 167 Å². The average Bonchev–Trinajstić information content (AvgIpc) is 1.64. The highest BCUT2D eigenvalue weighted by atomic mass is 79.9.